The molecule has 0 spiro atoms. The second-order valence-electron chi connectivity index (χ2n) is 8.00. The molecule has 34 heavy (non-hydrogen) atoms. The van der Waals surface area contributed by atoms with Gasteiger partial charge in [-0.3, -0.25) is 9.59 Å². The molecule has 1 N–H and O–H groups in total. The van der Waals surface area contributed by atoms with Gasteiger partial charge in [-0.05, 0) is 63.8 Å². The Balaban J connectivity index is 1.70. The quantitative estimate of drug-likeness (QED) is 0.320. The highest BCUT2D eigenvalue weighted by Crippen LogP contribution is 2.43. The van der Waals surface area contributed by atoms with Gasteiger partial charge in [0.05, 0.1) is 28.6 Å². The first-order valence-corrected chi connectivity index (χ1v) is 12.1. The van der Waals surface area contributed by atoms with E-state index in [2.05, 4.69) is 31.9 Å². The fraction of sp³-hybridized carbons (Fsp3) is 0.154. The number of hydrogen-bond donors (Lipinski definition) is 1. The van der Waals surface area contributed by atoms with E-state index < -0.39 is 6.04 Å². The number of carbonyl (C=O) groups is 1. The van der Waals surface area contributed by atoms with Crippen molar-refractivity contribution >= 4 is 48.7 Å². The van der Waals surface area contributed by atoms with Gasteiger partial charge in [-0.1, -0.05) is 46.3 Å². The van der Waals surface area contributed by atoms with Gasteiger partial charge in [0.2, 0.25) is 5.76 Å². The predicted molar refractivity (Wildman–Crippen MR) is 136 cm³/mol. The Morgan fingerprint density at radius 3 is 2.56 bits per heavy atom. The molecule has 3 aromatic carbocycles. The third kappa shape index (κ3) is 3.80. The van der Waals surface area contributed by atoms with Crippen molar-refractivity contribution in [2.75, 3.05) is 13.7 Å². The Hall–Kier alpha value is -3.10. The molecule has 5 rings (SSSR count). The molecule has 4 aromatic rings. The number of fused-ring (bicyclic) bond motifs is 2. The molecule has 1 aliphatic heterocycles. The summed E-state index contributed by atoms with van der Waals surface area (Å²) < 4.78 is 12.5. The van der Waals surface area contributed by atoms with E-state index in [4.69, 9.17) is 9.15 Å². The summed E-state index contributed by atoms with van der Waals surface area (Å²) in [6, 6.07) is 17.6. The van der Waals surface area contributed by atoms with Crippen LogP contribution in [0.15, 0.2) is 78.8 Å². The first-order chi connectivity index (χ1) is 16.4. The fourth-order valence-electron chi connectivity index (χ4n) is 4.37. The van der Waals surface area contributed by atoms with Crippen LogP contribution in [-0.4, -0.2) is 29.6 Å². The summed E-state index contributed by atoms with van der Waals surface area (Å²) in [6.07, 6.45) is 0.604. The van der Waals surface area contributed by atoms with Gasteiger partial charge in [-0.25, -0.2) is 0 Å². The molecule has 8 heteroatoms. The summed E-state index contributed by atoms with van der Waals surface area (Å²) >= 11 is 6.77. The summed E-state index contributed by atoms with van der Waals surface area (Å²) in [4.78, 5) is 28.9. The SMILES string of the molecule is COc1cc(C2c3c(oc4ccc(Br)cc4c3=O)C(=O)N2CCc2ccccc2)cc(Br)c1O. The zero-order valence-electron chi connectivity index (χ0n) is 18.0. The van der Waals surface area contributed by atoms with Gasteiger partial charge >= 0.3 is 0 Å². The molecule has 1 aliphatic rings. The van der Waals surface area contributed by atoms with Gasteiger partial charge < -0.3 is 19.2 Å². The number of amides is 1. The lowest BCUT2D eigenvalue weighted by atomic mass is 9.97. The number of hydrogen-bond acceptors (Lipinski definition) is 5. The van der Waals surface area contributed by atoms with Gasteiger partial charge in [-0.2, -0.15) is 0 Å². The van der Waals surface area contributed by atoms with Crippen molar-refractivity contribution in [3.05, 3.63) is 102 Å². The molecule has 1 amide bonds. The van der Waals surface area contributed by atoms with Gasteiger partial charge in [0.1, 0.15) is 5.58 Å². The van der Waals surface area contributed by atoms with Crippen LogP contribution in [0.25, 0.3) is 11.0 Å². The van der Waals surface area contributed by atoms with E-state index in [0.717, 1.165) is 10.0 Å². The molecule has 1 atom stereocenters. The van der Waals surface area contributed by atoms with Crippen molar-refractivity contribution < 1.29 is 19.1 Å². The molecular weight excluding hydrogens is 566 g/mol. The van der Waals surface area contributed by atoms with Crippen molar-refractivity contribution in [1.29, 1.82) is 0 Å². The Kier molecular flexibility index (Phi) is 5.95. The summed E-state index contributed by atoms with van der Waals surface area (Å²) in [5, 5.41) is 10.7. The lowest BCUT2D eigenvalue weighted by molar-refractivity contribution is 0.0730. The van der Waals surface area contributed by atoms with E-state index in [1.54, 1.807) is 35.2 Å². The molecular formula is C26H19Br2NO5. The zero-order chi connectivity index (χ0) is 24.0. The Morgan fingerprint density at radius 1 is 1.06 bits per heavy atom. The lowest BCUT2D eigenvalue weighted by Crippen LogP contribution is -2.31. The first-order valence-electron chi connectivity index (χ1n) is 10.6. The summed E-state index contributed by atoms with van der Waals surface area (Å²) in [6.45, 7) is 0.373. The maximum Gasteiger partial charge on any atom is 0.290 e. The summed E-state index contributed by atoms with van der Waals surface area (Å²) in [5.41, 5.74) is 2.07. The third-order valence-corrected chi connectivity index (χ3v) is 7.10. The number of phenols is 1. The minimum absolute atomic E-state index is 0.0426. The van der Waals surface area contributed by atoms with E-state index in [1.807, 2.05) is 30.3 Å². The highest BCUT2D eigenvalue weighted by Gasteiger charge is 2.43. The van der Waals surface area contributed by atoms with Crippen LogP contribution < -0.4 is 10.2 Å². The number of phenolic OH excluding ortho intramolecular Hbond substituents is 1. The summed E-state index contributed by atoms with van der Waals surface area (Å²) in [7, 11) is 1.45. The Labute approximate surface area is 212 Å². The van der Waals surface area contributed by atoms with Gasteiger partial charge in [-0.15, -0.1) is 0 Å². The van der Waals surface area contributed by atoms with Gasteiger partial charge in [0, 0.05) is 11.0 Å². The molecule has 0 radical (unpaired) electrons. The predicted octanol–water partition coefficient (Wildman–Crippen LogP) is 5.82. The van der Waals surface area contributed by atoms with E-state index in [1.165, 1.54) is 7.11 Å². The second-order valence-corrected chi connectivity index (χ2v) is 9.77. The lowest BCUT2D eigenvalue weighted by Gasteiger charge is -2.26. The largest absolute Gasteiger partial charge is 0.503 e. The van der Waals surface area contributed by atoms with Crippen molar-refractivity contribution in [3.63, 3.8) is 0 Å². The molecule has 1 aromatic heterocycles. The standard InChI is InChI=1S/C26H19Br2NO5/c1-33-20-12-15(11-18(28)24(20)31)22-21-23(30)17-13-16(27)7-8-19(17)34-25(21)26(32)29(22)10-9-14-5-3-2-4-6-14/h2-8,11-13,22,31H,9-10H2,1H3. The van der Waals surface area contributed by atoms with Crippen LogP contribution in [-0.2, 0) is 6.42 Å². The van der Waals surface area contributed by atoms with Crippen LogP contribution in [0.1, 0.15) is 33.3 Å². The molecule has 1 unspecified atom stereocenters. The average Bonchev–Trinajstić information content (AvgIpc) is 3.12. The number of aromatic hydroxyl groups is 1. The molecule has 6 nitrogen and oxygen atoms in total. The number of ether oxygens (including phenoxy) is 1. The van der Waals surface area contributed by atoms with Crippen LogP contribution in [0.4, 0.5) is 0 Å². The van der Waals surface area contributed by atoms with E-state index in [9.17, 15) is 14.7 Å². The second kappa shape index (κ2) is 8.92. The van der Waals surface area contributed by atoms with Crippen LogP contribution in [0.3, 0.4) is 0 Å². The van der Waals surface area contributed by atoms with E-state index in [-0.39, 0.29) is 34.2 Å². The number of nitrogens with zero attached hydrogens (tertiary/aromatic N) is 1. The molecule has 2 heterocycles. The Morgan fingerprint density at radius 2 is 1.82 bits per heavy atom. The minimum Gasteiger partial charge on any atom is -0.503 e. The monoisotopic (exact) mass is 583 g/mol. The maximum absolute atomic E-state index is 13.7. The molecule has 172 valence electrons. The minimum atomic E-state index is -0.698. The molecule has 0 saturated carbocycles. The van der Waals surface area contributed by atoms with Gasteiger partial charge in [0.15, 0.2) is 16.9 Å². The highest BCUT2D eigenvalue weighted by molar-refractivity contribution is 9.10. The molecule has 0 aliphatic carbocycles. The van der Waals surface area contributed by atoms with Crippen molar-refractivity contribution in [3.8, 4) is 11.5 Å². The van der Waals surface area contributed by atoms with Crippen LogP contribution in [0, 0.1) is 0 Å². The fourth-order valence-corrected chi connectivity index (χ4v) is 5.19. The van der Waals surface area contributed by atoms with Crippen molar-refractivity contribution in [2.45, 2.75) is 12.5 Å². The molecule has 0 fully saturated rings. The number of rotatable bonds is 5. The average molecular weight is 585 g/mol. The number of carbonyl (C=O) groups excluding carboxylic acids is 1. The third-order valence-electron chi connectivity index (χ3n) is 6.00. The van der Waals surface area contributed by atoms with Gasteiger partial charge in [0.25, 0.3) is 5.91 Å². The summed E-state index contributed by atoms with van der Waals surface area (Å²) in [5.74, 6) is -0.121. The smallest absolute Gasteiger partial charge is 0.290 e. The van der Waals surface area contributed by atoms with Crippen LogP contribution >= 0.6 is 31.9 Å². The zero-order valence-corrected chi connectivity index (χ0v) is 21.2. The van der Waals surface area contributed by atoms with E-state index in [0.29, 0.717) is 34.0 Å². The number of methoxy groups -OCH3 is 1. The number of halogens is 2. The highest BCUT2D eigenvalue weighted by atomic mass is 79.9. The Bertz CT molecular complexity index is 1480. The normalized spacial score (nSPS) is 15.1. The van der Waals surface area contributed by atoms with Crippen LogP contribution in [0.5, 0.6) is 11.5 Å². The first kappa shape index (κ1) is 22.7. The van der Waals surface area contributed by atoms with Crippen molar-refractivity contribution in [1.82, 2.24) is 4.90 Å². The molecule has 0 saturated heterocycles. The van der Waals surface area contributed by atoms with Crippen molar-refractivity contribution in [2.24, 2.45) is 0 Å². The van der Waals surface area contributed by atoms with E-state index >= 15 is 0 Å². The topological polar surface area (TPSA) is 80.0 Å². The number of benzene rings is 3. The van der Waals surface area contributed by atoms with Crippen LogP contribution in [0.2, 0.25) is 0 Å². The maximum atomic E-state index is 13.7. The molecule has 0 bridgehead atoms.